The summed E-state index contributed by atoms with van der Waals surface area (Å²) in [7, 11) is 0. The van der Waals surface area contributed by atoms with Crippen molar-refractivity contribution in [3.63, 3.8) is 0 Å². The Labute approximate surface area is 163 Å². The number of allylic oxidation sites excluding steroid dienone is 2. The van der Waals surface area contributed by atoms with Crippen molar-refractivity contribution in [2.24, 2.45) is 5.92 Å². The molecule has 26 heavy (non-hydrogen) atoms. The minimum atomic E-state index is -0.0145. The van der Waals surface area contributed by atoms with Gasteiger partial charge < -0.3 is 10.6 Å². The van der Waals surface area contributed by atoms with Gasteiger partial charge >= 0.3 is 0 Å². The van der Waals surface area contributed by atoms with Crippen LogP contribution in [0, 0.1) is 5.92 Å². The maximum atomic E-state index is 12.7. The molecule has 2 aliphatic rings. The lowest BCUT2D eigenvalue weighted by atomic mass is 9.76. The molecule has 1 aliphatic heterocycles. The van der Waals surface area contributed by atoms with E-state index in [-0.39, 0.29) is 18.0 Å². The lowest BCUT2D eigenvalue weighted by molar-refractivity contribution is 0.0943. The molecule has 0 bridgehead atoms. The molecule has 1 aliphatic carbocycles. The Balaban J connectivity index is 1.77. The summed E-state index contributed by atoms with van der Waals surface area (Å²) in [5, 5.41) is 6.74. The van der Waals surface area contributed by atoms with E-state index < -0.39 is 0 Å². The Kier molecular flexibility index (Phi) is 4.62. The molecule has 4 rings (SSSR count). The van der Waals surface area contributed by atoms with Crippen LogP contribution in [0.25, 0.3) is 0 Å². The quantitative estimate of drug-likeness (QED) is 0.663. The Hall–Kier alpha value is -2.07. The molecule has 2 aromatic carbocycles. The molecule has 0 saturated carbocycles. The molecular formula is C22H23BrN2O. The fraction of sp³-hybridized carbons (Fsp3) is 0.318. The summed E-state index contributed by atoms with van der Waals surface area (Å²) < 4.78 is 1.08. The third kappa shape index (κ3) is 3.07. The second kappa shape index (κ2) is 6.92. The molecule has 0 radical (unpaired) electrons. The van der Waals surface area contributed by atoms with Gasteiger partial charge in [0.2, 0.25) is 0 Å². The number of rotatable bonds is 3. The molecule has 2 aromatic rings. The van der Waals surface area contributed by atoms with E-state index in [0.29, 0.717) is 11.8 Å². The highest BCUT2D eigenvalue weighted by atomic mass is 79.9. The van der Waals surface area contributed by atoms with Gasteiger partial charge in [0.15, 0.2) is 0 Å². The molecule has 2 N–H and O–H groups in total. The van der Waals surface area contributed by atoms with Crippen molar-refractivity contribution in [2.45, 2.75) is 38.3 Å². The van der Waals surface area contributed by atoms with Crippen molar-refractivity contribution >= 4 is 27.5 Å². The fourth-order valence-electron chi connectivity index (χ4n) is 4.15. The Bertz CT molecular complexity index is 857. The molecule has 1 amide bonds. The van der Waals surface area contributed by atoms with Crippen LogP contribution in [0.1, 0.15) is 53.7 Å². The minimum absolute atomic E-state index is 0.0145. The standard InChI is InChI=1S/C22H23BrN2O/c1-13(2)24-22(26)19-8-4-7-18-16-5-3-6-17(16)20(25-21(18)19)14-9-11-15(23)12-10-14/h3-5,7-13,16-17,20,25H,6H2,1-2H3,(H,24,26). The highest BCUT2D eigenvalue weighted by Crippen LogP contribution is 2.50. The average molecular weight is 411 g/mol. The summed E-state index contributed by atoms with van der Waals surface area (Å²) in [6, 6.07) is 14.9. The van der Waals surface area contributed by atoms with E-state index in [1.54, 1.807) is 0 Å². The van der Waals surface area contributed by atoms with Crippen molar-refractivity contribution < 1.29 is 4.79 Å². The third-order valence-electron chi connectivity index (χ3n) is 5.29. The van der Waals surface area contributed by atoms with E-state index in [9.17, 15) is 4.79 Å². The molecule has 3 atom stereocenters. The van der Waals surface area contributed by atoms with Crippen molar-refractivity contribution in [3.05, 3.63) is 75.8 Å². The van der Waals surface area contributed by atoms with Crippen LogP contribution in [0.4, 0.5) is 5.69 Å². The predicted molar refractivity (Wildman–Crippen MR) is 110 cm³/mol. The summed E-state index contributed by atoms with van der Waals surface area (Å²) >= 11 is 3.52. The second-order valence-corrected chi connectivity index (χ2v) is 8.34. The van der Waals surface area contributed by atoms with Crippen LogP contribution in [-0.2, 0) is 0 Å². The summed E-state index contributed by atoms with van der Waals surface area (Å²) in [5.74, 6) is 0.818. The molecular weight excluding hydrogens is 388 g/mol. The average Bonchev–Trinajstić information content (AvgIpc) is 3.10. The van der Waals surface area contributed by atoms with Crippen LogP contribution in [0.5, 0.6) is 0 Å². The molecule has 0 spiro atoms. The number of anilines is 1. The van der Waals surface area contributed by atoms with Gasteiger partial charge in [0.05, 0.1) is 17.3 Å². The summed E-state index contributed by atoms with van der Waals surface area (Å²) in [6.07, 6.45) is 5.64. The van der Waals surface area contributed by atoms with Gasteiger partial charge in [-0.1, -0.05) is 52.3 Å². The summed E-state index contributed by atoms with van der Waals surface area (Å²) in [6.45, 7) is 3.97. The van der Waals surface area contributed by atoms with Crippen LogP contribution in [0.2, 0.25) is 0 Å². The van der Waals surface area contributed by atoms with Crippen molar-refractivity contribution in [1.29, 1.82) is 0 Å². The Morgan fingerprint density at radius 1 is 1.19 bits per heavy atom. The molecule has 0 saturated heterocycles. The van der Waals surface area contributed by atoms with Crippen LogP contribution in [0.15, 0.2) is 59.1 Å². The van der Waals surface area contributed by atoms with Gasteiger partial charge in [-0.15, -0.1) is 0 Å². The zero-order chi connectivity index (χ0) is 18.3. The fourth-order valence-corrected chi connectivity index (χ4v) is 4.42. The molecule has 0 fully saturated rings. The Morgan fingerprint density at radius 2 is 1.96 bits per heavy atom. The molecule has 134 valence electrons. The van der Waals surface area contributed by atoms with Crippen molar-refractivity contribution in [1.82, 2.24) is 5.32 Å². The molecule has 0 aromatic heterocycles. The SMILES string of the molecule is CC(C)NC(=O)c1cccc2c1NC(c1ccc(Br)cc1)C1CC=CC21. The van der Waals surface area contributed by atoms with Gasteiger partial charge in [-0.25, -0.2) is 0 Å². The highest BCUT2D eigenvalue weighted by Gasteiger charge is 2.39. The maximum Gasteiger partial charge on any atom is 0.253 e. The summed E-state index contributed by atoms with van der Waals surface area (Å²) in [5.41, 5.74) is 4.20. The minimum Gasteiger partial charge on any atom is -0.377 e. The molecule has 1 heterocycles. The highest BCUT2D eigenvalue weighted by molar-refractivity contribution is 9.10. The second-order valence-electron chi connectivity index (χ2n) is 7.43. The van der Waals surface area contributed by atoms with E-state index in [2.05, 4.69) is 69.0 Å². The van der Waals surface area contributed by atoms with E-state index in [1.165, 1.54) is 11.1 Å². The number of amides is 1. The molecule has 3 unspecified atom stereocenters. The van der Waals surface area contributed by atoms with Crippen molar-refractivity contribution in [3.8, 4) is 0 Å². The zero-order valence-electron chi connectivity index (χ0n) is 15.0. The first-order valence-corrected chi connectivity index (χ1v) is 9.96. The lowest BCUT2D eigenvalue weighted by Crippen LogP contribution is -2.34. The van der Waals surface area contributed by atoms with E-state index in [1.807, 2.05) is 26.0 Å². The van der Waals surface area contributed by atoms with Gasteiger partial charge in [-0.05, 0) is 55.5 Å². The smallest absolute Gasteiger partial charge is 0.253 e. The zero-order valence-corrected chi connectivity index (χ0v) is 16.6. The first-order valence-electron chi connectivity index (χ1n) is 9.17. The van der Waals surface area contributed by atoms with Gasteiger partial charge in [-0.3, -0.25) is 4.79 Å². The first-order chi connectivity index (χ1) is 12.5. The summed E-state index contributed by atoms with van der Waals surface area (Å²) in [4.78, 5) is 12.7. The normalized spacial score (nSPS) is 23.3. The van der Waals surface area contributed by atoms with Crippen LogP contribution >= 0.6 is 15.9 Å². The largest absolute Gasteiger partial charge is 0.377 e. The van der Waals surface area contributed by atoms with Gasteiger partial charge in [0.1, 0.15) is 0 Å². The third-order valence-corrected chi connectivity index (χ3v) is 5.82. The van der Waals surface area contributed by atoms with Gasteiger partial charge in [0.25, 0.3) is 5.91 Å². The number of hydrogen-bond acceptors (Lipinski definition) is 2. The van der Waals surface area contributed by atoms with E-state index in [0.717, 1.165) is 22.1 Å². The molecule has 3 nitrogen and oxygen atoms in total. The topological polar surface area (TPSA) is 41.1 Å². The van der Waals surface area contributed by atoms with Gasteiger partial charge in [0, 0.05) is 16.4 Å². The number of carbonyl (C=O) groups excluding carboxylic acids is 1. The number of halogens is 1. The van der Waals surface area contributed by atoms with Crippen LogP contribution in [0.3, 0.4) is 0 Å². The van der Waals surface area contributed by atoms with Crippen LogP contribution in [-0.4, -0.2) is 11.9 Å². The Morgan fingerprint density at radius 3 is 2.69 bits per heavy atom. The monoisotopic (exact) mass is 410 g/mol. The number of fused-ring (bicyclic) bond motifs is 3. The lowest BCUT2D eigenvalue weighted by Gasteiger charge is -2.38. The number of hydrogen-bond donors (Lipinski definition) is 2. The van der Waals surface area contributed by atoms with Crippen molar-refractivity contribution in [2.75, 3.05) is 5.32 Å². The predicted octanol–water partition coefficient (Wildman–Crippen LogP) is 5.41. The number of para-hydroxylation sites is 1. The number of nitrogens with one attached hydrogen (secondary N) is 2. The van der Waals surface area contributed by atoms with Crippen LogP contribution < -0.4 is 10.6 Å². The van der Waals surface area contributed by atoms with Gasteiger partial charge in [-0.2, -0.15) is 0 Å². The number of carbonyl (C=O) groups is 1. The first kappa shape index (κ1) is 17.3. The molecule has 4 heteroatoms. The maximum absolute atomic E-state index is 12.7. The number of benzene rings is 2. The van der Waals surface area contributed by atoms with E-state index >= 15 is 0 Å². The van der Waals surface area contributed by atoms with E-state index in [4.69, 9.17) is 0 Å².